The molecule has 0 fully saturated rings. The third kappa shape index (κ3) is 4.96. The van der Waals surface area contributed by atoms with Crippen molar-refractivity contribution < 1.29 is 28.5 Å². The van der Waals surface area contributed by atoms with Crippen molar-refractivity contribution in [2.75, 3.05) is 19.8 Å². The molecule has 1 aromatic rings. The van der Waals surface area contributed by atoms with Gasteiger partial charge in [0.25, 0.3) is 12.3 Å². The number of benzene rings is 1. The molecule has 0 radical (unpaired) electrons. The minimum atomic E-state index is -2.54. The summed E-state index contributed by atoms with van der Waals surface area (Å²) in [5, 5.41) is 20.7. The summed E-state index contributed by atoms with van der Waals surface area (Å²) >= 11 is 0. The second-order valence-corrected chi connectivity index (χ2v) is 3.46. The van der Waals surface area contributed by atoms with Crippen LogP contribution in [-0.4, -0.2) is 42.3 Å². The summed E-state index contributed by atoms with van der Waals surface area (Å²) in [6.45, 7) is -0.661. The fourth-order valence-electron chi connectivity index (χ4n) is 1.24. The average Bonchev–Trinajstić information content (AvgIpc) is 2.26. The van der Waals surface area contributed by atoms with E-state index in [9.17, 15) is 13.6 Å². The highest BCUT2D eigenvalue weighted by molar-refractivity contribution is 5.95. The minimum absolute atomic E-state index is 0.0408. The summed E-state index contributed by atoms with van der Waals surface area (Å²) in [7, 11) is 0. The Labute approximate surface area is 102 Å². The maximum absolute atomic E-state index is 11.7. The number of phenolic OH excluding ortho intramolecular Hbond substituents is 2. The van der Waals surface area contributed by atoms with Gasteiger partial charge < -0.3 is 20.3 Å². The van der Waals surface area contributed by atoms with Crippen molar-refractivity contribution in [2.45, 2.75) is 6.43 Å². The Kier molecular flexibility index (Phi) is 5.31. The molecule has 0 aliphatic carbocycles. The SMILES string of the molecule is O=C(NCCOCC(F)F)c1cc(O)cc(O)c1. The number of aromatic hydroxyl groups is 2. The molecule has 1 rings (SSSR count). The Morgan fingerprint density at radius 3 is 2.44 bits per heavy atom. The molecule has 0 heterocycles. The predicted octanol–water partition coefficient (Wildman–Crippen LogP) is 1.11. The number of phenols is 2. The quantitative estimate of drug-likeness (QED) is 0.670. The minimum Gasteiger partial charge on any atom is -0.508 e. The number of carbonyl (C=O) groups excluding carboxylic acids is 1. The summed E-state index contributed by atoms with van der Waals surface area (Å²) in [5.41, 5.74) is 0.0707. The summed E-state index contributed by atoms with van der Waals surface area (Å²) < 4.78 is 28.0. The number of hydrogen-bond acceptors (Lipinski definition) is 4. The molecule has 0 atom stereocenters. The van der Waals surface area contributed by atoms with Crippen LogP contribution in [0.3, 0.4) is 0 Å². The van der Waals surface area contributed by atoms with Gasteiger partial charge >= 0.3 is 0 Å². The fraction of sp³-hybridized carbons (Fsp3) is 0.364. The predicted molar refractivity (Wildman–Crippen MR) is 58.9 cm³/mol. The molecule has 0 spiro atoms. The first kappa shape index (κ1) is 14.2. The molecular formula is C11H13F2NO4. The van der Waals surface area contributed by atoms with Crippen LogP contribution in [0.2, 0.25) is 0 Å². The van der Waals surface area contributed by atoms with Crippen LogP contribution in [-0.2, 0) is 4.74 Å². The van der Waals surface area contributed by atoms with Crippen LogP contribution in [0.4, 0.5) is 8.78 Å². The van der Waals surface area contributed by atoms with E-state index in [0.717, 1.165) is 6.07 Å². The van der Waals surface area contributed by atoms with Gasteiger partial charge in [0.15, 0.2) is 0 Å². The lowest BCUT2D eigenvalue weighted by atomic mass is 10.2. The third-order valence-electron chi connectivity index (χ3n) is 1.94. The van der Waals surface area contributed by atoms with Gasteiger partial charge in [0.05, 0.1) is 6.61 Å². The molecule has 0 saturated heterocycles. The smallest absolute Gasteiger partial charge is 0.261 e. The molecule has 0 aliphatic heterocycles. The van der Waals surface area contributed by atoms with Crippen LogP contribution in [0.15, 0.2) is 18.2 Å². The molecule has 0 unspecified atom stereocenters. The zero-order chi connectivity index (χ0) is 13.5. The van der Waals surface area contributed by atoms with E-state index in [4.69, 9.17) is 10.2 Å². The third-order valence-corrected chi connectivity index (χ3v) is 1.94. The number of nitrogens with one attached hydrogen (secondary N) is 1. The lowest BCUT2D eigenvalue weighted by molar-refractivity contribution is 0.0188. The average molecular weight is 261 g/mol. The number of hydrogen-bond donors (Lipinski definition) is 3. The molecular weight excluding hydrogens is 248 g/mol. The first-order chi connectivity index (χ1) is 8.49. The summed E-state index contributed by atoms with van der Waals surface area (Å²) in [6.07, 6.45) is -2.54. The Morgan fingerprint density at radius 1 is 1.28 bits per heavy atom. The topological polar surface area (TPSA) is 78.8 Å². The maximum atomic E-state index is 11.7. The number of alkyl halides is 2. The number of halogens is 2. The van der Waals surface area contributed by atoms with Gasteiger partial charge in [-0.05, 0) is 12.1 Å². The summed E-state index contributed by atoms with van der Waals surface area (Å²) in [4.78, 5) is 11.5. The van der Waals surface area contributed by atoms with Crippen LogP contribution in [0.1, 0.15) is 10.4 Å². The molecule has 3 N–H and O–H groups in total. The van der Waals surface area contributed by atoms with E-state index in [1.165, 1.54) is 12.1 Å². The van der Waals surface area contributed by atoms with Crippen LogP contribution < -0.4 is 5.32 Å². The van der Waals surface area contributed by atoms with E-state index < -0.39 is 18.9 Å². The first-order valence-electron chi connectivity index (χ1n) is 5.16. The highest BCUT2D eigenvalue weighted by atomic mass is 19.3. The highest BCUT2D eigenvalue weighted by Gasteiger charge is 2.08. The monoisotopic (exact) mass is 261 g/mol. The first-order valence-corrected chi connectivity index (χ1v) is 5.16. The van der Waals surface area contributed by atoms with Crippen molar-refractivity contribution in [3.8, 4) is 11.5 Å². The van der Waals surface area contributed by atoms with Gasteiger partial charge in [0, 0.05) is 18.2 Å². The molecule has 0 aromatic heterocycles. The summed E-state index contributed by atoms with van der Waals surface area (Å²) in [6, 6.07) is 3.44. The Bertz CT molecular complexity index is 392. The molecule has 0 saturated carbocycles. The van der Waals surface area contributed by atoms with Crippen molar-refractivity contribution in [2.24, 2.45) is 0 Å². The Balaban J connectivity index is 2.36. The second kappa shape index (κ2) is 6.75. The lowest BCUT2D eigenvalue weighted by Gasteiger charge is -2.07. The maximum Gasteiger partial charge on any atom is 0.261 e. The van der Waals surface area contributed by atoms with Crippen molar-refractivity contribution in [3.63, 3.8) is 0 Å². The van der Waals surface area contributed by atoms with Gasteiger partial charge in [-0.2, -0.15) is 0 Å². The summed E-state index contributed by atoms with van der Waals surface area (Å²) in [5.74, 6) is -1.02. The normalized spacial score (nSPS) is 10.6. The van der Waals surface area contributed by atoms with E-state index >= 15 is 0 Å². The fourth-order valence-corrected chi connectivity index (χ4v) is 1.24. The molecule has 0 bridgehead atoms. The zero-order valence-electron chi connectivity index (χ0n) is 9.40. The Hall–Kier alpha value is -1.89. The van der Waals surface area contributed by atoms with Crippen molar-refractivity contribution >= 4 is 5.91 Å². The van der Waals surface area contributed by atoms with Crippen LogP contribution in [0, 0.1) is 0 Å². The molecule has 18 heavy (non-hydrogen) atoms. The van der Waals surface area contributed by atoms with Crippen molar-refractivity contribution in [3.05, 3.63) is 23.8 Å². The zero-order valence-corrected chi connectivity index (χ0v) is 9.40. The van der Waals surface area contributed by atoms with E-state index in [-0.39, 0.29) is 30.2 Å². The standard InChI is InChI=1S/C11H13F2NO4/c12-10(13)6-18-2-1-14-11(17)7-3-8(15)5-9(16)4-7/h3-5,10,15-16H,1-2,6H2,(H,14,17). The number of ether oxygens (including phenoxy) is 1. The largest absolute Gasteiger partial charge is 0.508 e. The second-order valence-electron chi connectivity index (χ2n) is 3.46. The van der Waals surface area contributed by atoms with Gasteiger partial charge in [0.2, 0.25) is 0 Å². The van der Waals surface area contributed by atoms with Gasteiger partial charge in [-0.1, -0.05) is 0 Å². The van der Waals surface area contributed by atoms with E-state index in [1.54, 1.807) is 0 Å². The lowest BCUT2D eigenvalue weighted by Crippen LogP contribution is -2.27. The van der Waals surface area contributed by atoms with Crippen molar-refractivity contribution in [1.82, 2.24) is 5.32 Å². The van der Waals surface area contributed by atoms with Gasteiger partial charge in [-0.3, -0.25) is 4.79 Å². The van der Waals surface area contributed by atoms with Gasteiger partial charge in [-0.25, -0.2) is 8.78 Å². The van der Waals surface area contributed by atoms with E-state index in [2.05, 4.69) is 10.1 Å². The molecule has 7 heteroatoms. The van der Waals surface area contributed by atoms with Gasteiger partial charge in [0.1, 0.15) is 18.1 Å². The van der Waals surface area contributed by atoms with Crippen molar-refractivity contribution in [1.29, 1.82) is 0 Å². The van der Waals surface area contributed by atoms with E-state index in [1.807, 2.05) is 0 Å². The molecule has 0 aliphatic rings. The molecule has 1 aromatic carbocycles. The molecule has 100 valence electrons. The number of carbonyl (C=O) groups is 1. The number of rotatable bonds is 6. The Morgan fingerprint density at radius 2 is 1.89 bits per heavy atom. The molecule has 5 nitrogen and oxygen atoms in total. The van der Waals surface area contributed by atoms with E-state index in [0.29, 0.717) is 0 Å². The van der Waals surface area contributed by atoms with Crippen LogP contribution >= 0.6 is 0 Å². The van der Waals surface area contributed by atoms with Gasteiger partial charge in [-0.15, -0.1) is 0 Å². The number of amides is 1. The van der Waals surface area contributed by atoms with Crippen LogP contribution in [0.25, 0.3) is 0 Å². The molecule has 1 amide bonds. The highest BCUT2D eigenvalue weighted by Crippen LogP contribution is 2.20. The van der Waals surface area contributed by atoms with Crippen LogP contribution in [0.5, 0.6) is 11.5 Å².